The Hall–Kier alpha value is -1.30. The largest absolute Gasteiger partial charge is 0.355 e. The summed E-state index contributed by atoms with van der Waals surface area (Å²) >= 11 is 0. The number of likely N-dealkylation sites (N-methyl/N-ethyl adjacent to an activating group) is 1. The predicted molar refractivity (Wildman–Crippen MR) is 83.3 cm³/mol. The molecule has 118 valence electrons. The van der Waals surface area contributed by atoms with Crippen molar-refractivity contribution in [3.8, 4) is 0 Å². The number of carbonyl (C=O) groups is 1. The van der Waals surface area contributed by atoms with E-state index in [0.717, 1.165) is 71.2 Å². The molecule has 6 heteroatoms. The molecular formula is C15H27N5O. The third kappa shape index (κ3) is 3.48. The topological polar surface area (TPSA) is 51.2 Å². The highest BCUT2D eigenvalue weighted by Crippen LogP contribution is 2.28. The van der Waals surface area contributed by atoms with E-state index in [4.69, 9.17) is 0 Å². The summed E-state index contributed by atoms with van der Waals surface area (Å²) in [7, 11) is 2.07. The highest BCUT2D eigenvalue weighted by atomic mass is 16.2. The van der Waals surface area contributed by atoms with Crippen LogP contribution >= 0.6 is 0 Å². The fourth-order valence-corrected chi connectivity index (χ4v) is 3.15. The van der Waals surface area contributed by atoms with E-state index in [1.807, 2.05) is 0 Å². The van der Waals surface area contributed by atoms with Crippen LogP contribution in [0.2, 0.25) is 0 Å². The second kappa shape index (κ2) is 6.64. The number of aliphatic imine (C=N–C) groups is 1. The number of hydrogen-bond donors (Lipinski definition) is 1. The van der Waals surface area contributed by atoms with Gasteiger partial charge in [0.15, 0.2) is 5.96 Å². The minimum absolute atomic E-state index is 0.342. The second-order valence-electron chi connectivity index (χ2n) is 6.35. The molecule has 0 aromatic rings. The Balaban J connectivity index is 1.33. The molecule has 0 radical (unpaired) electrons. The summed E-state index contributed by atoms with van der Waals surface area (Å²) in [6, 6.07) is 0. The number of guanidine groups is 1. The monoisotopic (exact) mass is 293 g/mol. The average molecular weight is 293 g/mol. The van der Waals surface area contributed by atoms with Crippen LogP contribution in [0.3, 0.4) is 0 Å². The highest BCUT2D eigenvalue weighted by molar-refractivity contribution is 5.81. The smallest absolute Gasteiger partial charge is 0.225 e. The third-order valence-electron chi connectivity index (χ3n) is 4.91. The van der Waals surface area contributed by atoms with Crippen LogP contribution < -0.4 is 5.32 Å². The van der Waals surface area contributed by atoms with Crippen molar-refractivity contribution in [1.29, 1.82) is 0 Å². The predicted octanol–water partition coefficient (Wildman–Crippen LogP) is -0.178. The summed E-state index contributed by atoms with van der Waals surface area (Å²) in [4.78, 5) is 23.3. The number of hydrogen-bond acceptors (Lipinski definition) is 5. The fraction of sp³-hybridized carbons (Fsp3) is 0.867. The molecule has 3 aliphatic rings. The average Bonchev–Trinajstić information content (AvgIpc) is 2.83. The van der Waals surface area contributed by atoms with Gasteiger partial charge in [-0.1, -0.05) is 6.42 Å². The van der Waals surface area contributed by atoms with E-state index in [1.165, 1.54) is 6.42 Å². The standard InChI is InChI=1S/C15H27N5O/c1-18-7-5-16-15(18)17-6-8-19-9-11-20(12-10-19)14(21)13-3-2-4-13/h13H,2-12H2,1H3,(H,16,17). The first kappa shape index (κ1) is 14.6. The summed E-state index contributed by atoms with van der Waals surface area (Å²) in [5, 5.41) is 3.40. The van der Waals surface area contributed by atoms with Gasteiger partial charge in [-0.15, -0.1) is 0 Å². The van der Waals surface area contributed by atoms with Crippen molar-refractivity contribution < 1.29 is 4.79 Å². The molecule has 0 aromatic carbocycles. The van der Waals surface area contributed by atoms with Gasteiger partial charge in [0.25, 0.3) is 0 Å². The van der Waals surface area contributed by atoms with Crippen LogP contribution in [-0.4, -0.2) is 86.0 Å². The Morgan fingerprint density at radius 1 is 1.24 bits per heavy atom. The maximum atomic E-state index is 12.2. The molecule has 6 nitrogen and oxygen atoms in total. The van der Waals surface area contributed by atoms with Crippen molar-refractivity contribution in [2.75, 3.05) is 59.4 Å². The van der Waals surface area contributed by atoms with Crippen LogP contribution in [0, 0.1) is 5.92 Å². The Morgan fingerprint density at radius 3 is 2.57 bits per heavy atom. The van der Waals surface area contributed by atoms with Gasteiger partial charge in [-0.25, -0.2) is 0 Å². The molecule has 0 bridgehead atoms. The molecule has 3 rings (SSSR count). The molecule has 1 amide bonds. The fourth-order valence-electron chi connectivity index (χ4n) is 3.15. The highest BCUT2D eigenvalue weighted by Gasteiger charge is 2.31. The van der Waals surface area contributed by atoms with Crippen LogP contribution in [-0.2, 0) is 4.79 Å². The van der Waals surface area contributed by atoms with E-state index >= 15 is 0 Å². The number of nitrogens with zero attached hydrogens (tertiary/aromatic N) is 4. The van der Waals surface area contributed by atoms with Crippen LogP contribution in [0.5, 0.6) is 0 Å². The van der Waals surface area contributed by atoms with Crippen molar-refractivity contribution in [3.63, 3.8) is 0 Å². The number of carbonyl (C=O) groups excluding carboxylic acids is 1. The quantitative estimate of drug-likeness (QED) is 0.781. The van der Waals surface area contributed by atoms with Crippen LogP contribution in [0.25, 0.3) is 0 Å². The number of rotatable bonds is 4. The summed E-state index contributed by atoms with van der Waals surface area (Å²) < 4.78 is 0. The minimum atomic E-state index is 0.342. The van der Waals surface area contributed by atoms with Gasteiger partial charge < -0.3 is 15.1 Å². The lowest BCUT2D eigenvalue weighted by Crippen LogP contribution is -2.52. The third-order valence-corrected chi connectivity index (χ3v) is 4.91. The second-order valence-corrected chi connectivity index (χ2v) is 6.35. The molecule has 0 atom stereocenters. The first-order chi connectivity index (χ1) is 10.2. The van der Waals surface area contributed by atoms with Gasteiger partial charge in [0, 0.05) is 58.8 Å². The lowest BCUT2D eigenvalue weighted by molar-refractivity contribution is -0.139. The molecule has 1 aliphatic carbocycles. The summed E-state index contributed by atoms with van der Waals surface area (Å²) in [5.41, 5.74) is 0. The zero-order valence-electron chi connectivity index (χ0n) is 13.1. The molecule has 21 heavy (non-hydrogen) atoms. The number of piperazine rings is 1. The molecule has 2 heterocycles. The van der Waals surface area contributed by atoms with E-state index in [1.54, 1.807) is 0 Å². The van der Waals surface area contributed by atoms with Gasteiger partial charge in [0.05, 0.1) is 6.54 Å². The normalized spacial score (nSPS) is 24.0. The summed E-state index contributed by atoms with van der Waals surface area (Å²) in [5.74, 6) is 1.77. The Bertz CT molecular complexity index is 399. The lowest BCUT2D eigenvalue weighted by atomic mass is 9.84. The number of nitrogens with one attached hydrogen (secondary N) is 1. The van der Waals surface area contributed by atoms with Gasteiger partial charge in [-0.05, 0) is 12.8 Å². The van der Waals surface area contributed by atoms with E-state index in [0.29, 0.717) is 11.8 Å². The molecule has 1 saturated carbocycles. The van der Waals surface area contributed by atoms with Gasteiger partial charge in [0.2, 0.25) is 5.91 Å². The molecule has 1 saturated heterocycles. The maximum absolute atomic E-state index is 12.2. The molecule has 0 unspecified atom stereocenters. The molecule has 0 spiro atoms. The molecule has 2 aliphatic heterocycles. The SMILES string of the molecule is CN1CCN=C1NCCN1CCN(C(=O)C2CCC2)CC1. The van der Waals surface area contributed by atoms with Gasteiger partial charge in [0.1, 0.15) is 0 Å². The summed E-state index contributed by atoms with van der Waals surface area (Å²) in [6.45, 7) is 7.68. The van der Waals surface area contributed by atoms with Crippen molar-refractivity contribution in [3.05, 3.63) is 0 Å². The number of amides is 1. The van der Waals surface area contributed by atoms with Crippen LogP contribution in [0.15, 0.2) is 4.99 Å². The Labute approximate surface area is 127 Å². The van der Waals surface area contributed by atoms with E-state index in [9.17, 15) is 4.79 Å². The Kier molecular flexibility index (Phi) is 4.63. The van der Waals surface area contributed by atoms with E-state index in [2.05, 4.69) is 32.1 Å². The zero-order chi connectivity index (χ0) is 14.7. The first-order valence-corrected chi connectivity index (χ1v) is 8.24. The Morgan fingerprint density at radius 2 is 2.00 bits per heavy atom. The first-order valence-electron chi connectivity index (χ1n) is 8.24. The van der Waals surface area contributed by atoms with Crippen molar-refractivity contribution in [1.82, 2.24) is 20.0 Å². The van der Waals surface area contributed by atoms with Crippen LogP contribution in [0.4, 0.5) is 0 Å². The van der Waals surface area contributed by atoms with Crippen molar-refractivity contribution in [2.45, 2.75) is 19.3 Å². The van der Waals surface area contributed by atoms with Gasteiger partial charge in [-0.2, -0.15) is 0 Å². The van der Waals surface area contributed by atoms with Gasteiger partial charge >= 0.3 is 0 Å². The molecular weight excluding hydrogens is 266 g/mol. The molecule has 2 fully saturated rings. The van der Waals surface area contributed by atoms with E-state index in [-0.39, 0.29) is 0 Å². The van der Waals surface area contributed by atoms with Gasteiger partial charge in [-0.3, -0.25) is 14.7 Å². The molecule has 0 aromatic heterocycles. The van der Waals surface area contributed by atoms with Crippen molar-refractivity contribution >= 4 is 11.9 Å². The minimum Gasteiger partial charge on any atom is -0.355 e. The lowest BCUT2D eigenvalue weighted by Gasteiger charge is -2.38. The molecule has 1 N–H and O–H groups in total. The zero-order valence-corrected chi connectivity index (χ0v) is 13.1. The summed E-state index contributed by atoms with van der Waals surface area (Å²) in [6.07, 6.45) is 3.46. The van der Waals surface area contributed by atoms with Crippen LogP contribution in [0.1, 0.15) is 19.3 Å². The van der Waals surface area contributed by atoms with Crippen molar-refractivity contribution in [2.24, 2.45) is 10.9 Å². The maximum Gasteiger partial charge on any atom is 0.225 e. The van der Waals surface area contributed by atoms with E-state index < -0.39 is 0 Å².